The Balaban J connectivity index is 1.55. The maximum Gasteiger partial charge on any atom is 0.259 e. The zero-order valence-electron chi connectivity index (χ0n) is 15.5. The van der Waals surface area contributed by atoms with Crippen molar-refractivity contribution in [2.75, 3.05) is 36.5 Å². The minimum Gasteiger partial charge on any atom is -0.507 e. The second-order valence-corrected chi connectivity index (χ2v) is 6.70. The molecule has 5 nitrogen and oxygen atoms in total. The molecule has 0 bridgehead atoms. The van der Waals surface area contributed by atoms with Crippen molar-refractivity contribution in [3.8, 4) is 16.9 Å². The van der Waals surface area contributed by atoms with E-state index in [2.05, 4.69) is 10.2 Å². The Labute approximate surface area is 164 Å². The molecule has 1 amide bonds. The number of hydrogen-bond acceptors (Lipinski definition) is 4. The third-order valence-corrected chi connectivity index (χ3v) is 4.83. The number of benzene rings is 3. The lowest BCUT2D eigenvalue weighted by Gasteiger charge is -2.29. The van der Waals surface area contributed by atoms with E-state index in [-0.39, 0.29) is 17.2 Å². The fraction of sp³-hybridized carbons (Fsp3) is 0.174. The summed E-state index contributed by atoms with van der Waals surface area (Å²) >= 11 is 0. The van der Waals surface area contributed by atoms with Crippen LogP contribution in [0.3, 0.4) is 0 Å². The number of morpholine rings is 1. The molecule has 3 aromatic rings. The molecule has 28 heavy (non-hydrogen) atoms. The maximum atomic E-state index is 12.8. The quantitative estimate of drug-likeness (QED) is 0.720. The molecule has 0 unspecified atom stereocenters. The van der Waals surface area contributed by atoms with E-state index in [0.717, 1.165) is 29.9 Å². The number of anilines is 2. The molecule has 0 saturated carbocycles. The van der Waals surface area contributed by atoms with Crippen LogP contribution >= 0.6 is 0 Å². The SMILES string of the molecule is O=C(Nc1cccc(-c2ccccc2)c1)c1cc(N2CCOCC2)ccc1O. The topological polar surface area (TPSA) is 61.8 Å². The van der Waals surface area contributed by atoms with Gasteiger partial charge >= 0.3 is 0 Å². The third kappa shape index (κ3) is 4.00. The standard InChI is InChI=1S/C23H22N2O3/c26-22-10-9-20(25-11-13-28-14-12-25)16-21(22)23(27)24-19-8-4-7-18(15-19)17-5-2-1-3-6-17/h1-10,15-16,26H,11-14H2,(H,24,27). The van der Waals surface area contributed by atoms with Gasteiger partial charge in [-0.25, -0.2) is 0 Å². The Hall–Kier alpha value is -3.31. The number of carbonyl (C=O) groups is 1. The average Bonchev–Trinajstić information content (AvgIpc) is 2.75. The van der Waals surface area contributed by atoms with Crippen molar-refractivity contribution in [3.63, 3.8) is 0 Å². The van der Waals surface area contributed by atoms with Crippen molar-refractivity contribution >= 4 is 17.3 Å². The summed E-state index contributed by atoms with van der Waals surface area (Å²) in [5.74, 6) is -0.369. The normalized spacial score (nSPS) is 13.9. The third-order valence-electron chi connectivity index (χ3n) is 4.83. The highest BCUT2D eigenvalue weighted by Gasteiger charge is 2.17. The van der Waals surface area contributed by atoms with E-state index in [1.54, 1.807) is 12.1 Å². The minimum atomic E-state index is -0.335. The molecule has 4 rings (SSSR count). The van der Waals surface area contributed by atoms with Crippen LogP contribution in [-0.2, 0) is 4.74 Å². The zero-order chi connectivity index (χ0) is 19.3. The molecule has 0 radical (unpaired) electrons. The summed E-state index contributed by atoms with van der Waals surface area (Å²) in [4.78, 5) is 15.0. The lowest BCUT2D eigenvalue weighted by atomic mass is 10.1. The fourth-order valence-corrected chi connectivity index (χ4v) is 3.33. The lowest BCUT2D eigenvalue weighted by molar-refractivity contribution is 0.102. The van der Waals surface area contributed by atoms with Gasteiger partial charge in [0.15, 0.2) is 0 Å². The highest BCUT2D eigenvalue weighted by atomic mass is 16.5. The Kier molecular flexibility index (Phi) is 5.26. The molecule has 142 valence electrons. The number of phenols is 1. The number of carbonyl (C=O) groups excluding carboxylic acids is 1. The lowest BCUT2D eigenvalue weighted by Crippen LogP contribution is -2.36. The number of phenolic OH excluding ortho intramolecular Hbond substituents is 1. The van der Waals surface area contributed by atoms with Gasteiger partial charge in [0.05, 0.1) is 18.8 Å². The first-order valence-electron chi connectivity index (χ1n) is 9.33. The Bertz CT molecular complexity index is 967. The molecule has 0 aliphatic carbocycles. The number of rotatable bonds is 4. The van der Waals surface area contributed by atoms with Crippen molar-refractivity contribution < 1.29 is 14.6 Å². The van der Waals surface area contributed by atoms with Gasteiger partial charge in [-0.05, 0) is 41.5 Å². The van der Waals surface area contributed by atoms with E-state index in [1.807, 2.05) is 60.7 Å². The molecule has 1 aliphatic rings. The van der Waals surface area contributed by atoms with Gasteiger partial charge in [0.2, 0.25) is 0 Å². The highest BCUT2D eigenvalue weighted by molar-refractivity contribution is 6.07. The number of ether oxygens (including phenoxy) is 1. The number of nitrogens with zero attached hydrogens (tertiary/aromatic N) is 1. The first-order valence-corrected chi connectivity index (χ1v) is 9.33. The van der Waals surface area contributed by atoms with Crippen LogP contribution in [-0.4, -0.2) is 37.3 Å². The van der Waals surface area contributed by atoms with Crippen molar-refractivity contribution in [3.05, 3.63) is 78.4 Å². The summed E-state index contributed by atoms with van der Waals surface area (Å²) in [5.41, 5.74) is 3.95. The van der Waals surface area contributed by atoms with E-state index in [4.69, 9.17) is 4.74 Å². The summed E-state index contributed by atoms with van der Waals surface area (Å²) in [6, 6.07) is 22.8. The number of hydrogen-bond donors (Lipinski definition) is 2. The van der Waals surface area contributed by atoms with Gasteiger partial charge in [0, 0.05) is 24.5 Å². The molecule has 1 fully saturated rings. The highest BCUT2D eigenvalue weighted by Crippen LogP contribution is 2.27. The van der Waals surface area contributed by atoms with Crippen LogP contribution in [0.15, 0.2) is 72.8 Å². The molecule has 0 atom stereocenters. The largest absolute Gasteiger partial charge is 0.507 e. The summed E-state index contributed by atoms with van der Waals surface area (Å²) < 4.78 is 5.38. The van der Waals surface area contributed by atoms with Gasteiger partial charge < -0.3 is 20.1 Å². The summed E-state index contributed by atoms with van der Waals surface area (Å²) in [5, 5.41) is 13.1. The van der Waals surface area contributed by atoms with Crippen molar-refractivity contribution in [1.82, 2.24) is 0 Å². The number of aromatic hydroxyl groups is 1. The number of amides is 1. The smallest absolute Gasteiger partial charge is 0.259 e. The molecule has 3 aromatic carbocycles. The molecule has 1 saturated heterocycles. The summed E-state index contributed by atoms with van der Waals surface area (Å²) in [6.07, 6.45) is 0. The van der Waals surface area contributed by atoms with E-state index in [0.29, 0.717) is 18.9 Å². The van der Waals surface area contributed by atoms with Crippen molar-refractivity contribution in [2.45, 2.75) is 0 Å². The summed E-state index contributed by atoms with van der Waals surface area (Å²) in [7, 11) is 0. The fourth-order valence-electron chi connectivity index (χ4n) is 3.33. The van der Waals surface area contributed by atoms with Crippen molar-refractivity contribution in [1.29, 1.82) is 0 Å². The van der Waals surface area contributed by atoms with Crippen LogP contribution in [0.4, 0.5) is 11.4 Å². The number of nitrogens with one attached hydrogen (secondary N) is 1. The van der Waals surface area contributed by atoms with Gasteiger partial charge in [0.1, 0.15) is 5.75 Å². The average molecular weight is 374 g/mol. The molecule has 1 heterocycles. The molecule has 0 spiro atoms. The maximum absolute atomic E-state index is 12.8. The van der Waals surface area contributed by atoms with Crippen LogP contribution in [0.2, 0.25) is 0 Å². The zero-order valence-corrected chi connectivity index (χ0v) is 15.5. The van der Waals surface area contributed by atoms with Crippen molar-refractivity contribution in [2.24, 2.45) is 0 Å². The van der Waals surface area contributed by atoms with E-state index in [9.17, 15) is 9.90 Å². The van der Waals surface area contributed by atoms with Crippen LogP contribution in [0, 0.1) is 0 Å². The van der Waals surface area contributed by atoms with Crippen LogP contribution in [0.5, 0.6) is 5.75 Å². The Morgan fingerprint density at radius 1 is 0.893 bits per heavy atom. The predicted molar refractivity (Wildman–Crippen MR) is 111 cm³/mol. The van der Waals surface area contributed by atoms with Gasteiger partial charge in [-0.1, -0.05) is 42.5 Å². The van der Waals surface area contributed by atoms with Gasteiger partial charge in [0.25, 0.3) is 5.91 Å². The minimum absolute atomic E-state index is 0.0336. The van der Waals surface area contributed by atoms with Gasteiger partial charge in [-0.15, -0.1) is 0 Å². The molecule has 2 N–H and O–H groups in total. The Morgan fingerprint density at radius 3 is 2.43 bits per heavy atom. The summed E-state index contributed by atoms with van der Waals surface area (Å²) in [6.45, 7) is 2.86. The second-order valence-electron chi connectivity index (χ2n) is 6.70. The Morgan fingerprint density at radius 2 is 1.64 bits per heavy atom. The first-order chi connectivity index (χ1) is 13.7. The van der Waals surface area contributed by atoms with Crippen LogP contribution in [0.25, 0.3) is 11.1 Å². The van der Waals surface area contributed by atoms with Crippen LogP contribution in [0.1, 0.15) is 10.4 Å². The van der Waals surface area contributed by atoms with E-state index >= 15 is 0 Å². The first kappa shape index (κ1) is 18.1. The predicted octanol–water partition coefficient (Wildman–Crippen LogP) is 4.15. The van der Waals surface area contributed by atoms with Gasteiger partial charge in [-0.2, -0.15) is 0 Å². The van der Waals surface area contributed by atoms with E-state index < -0.39 is 0 Å². The molecule has 1 aliphatic heterocycles. The van der Waals surface area contributed by atoms with E-state index in [1.165, 1.54) is 0 Å². The van der Waals surface area contributed by atoms with Crippen LogP contribution < -0.4 is 10.2 Å². The molecule has 5 heteroatoms. The molecular formula is C23H22N2O3. The second kappa shape index (κ2) is 8.15. The molecular weight excluding hydrogens is 352 g/mol. The van der Waals surface area contributed by atoms with Gasteiger partial charge in [-0.3, -0.25) is 4.79 Å². The monoisotopic (exact) mass is 374 g/mol. The molecule has 0 aromatic heterocycles.